The van der Waals surface area contributed by atoms with Gasteiger partial charge in [-0.05, 0) is 36.0 Å². The first-order valence-electron chi connectivity index (χ1n) is 9.71. The van der Waals surface area contributed by atoms with Gasteiger partial charge in [-0.25, -0.2) is 0 Å². The molecule has 0 saturated carbocycles. The van der Waals surface area contributed by atoms with Crippen molar-refractivity contribution < 1.29 is 24.8 Å². The standard InChI is InChI=1S/C22H25ClO5/c23-20-14(9-13-5-2-1-3-6-13)10-16(15-7-4-8-27-22(15)20)18-11-17(25)21(26)19(12-24)28-18/h1-3,5-6,10,17-19,21,24-26H,4,7-9,11-12H2/t17?,18?,19?,21-/m0/s1. The van der Waals surface area contributed by atoms with Crippen molar-refractivity contribution in [2.24, 2.45) is 0 Å². The van der Waals surface area contributed by atoms with E-state index in [1.165, 1.54) is 0 Å². The lowest BCUT2D eigenvalue weighted by Gasteiger charge is -2.38. The Labute approximate surface area is 169 Å². The van der Waals surface area contributed by atoms with Crippen LogP contribution in [0.15, 0.2) is 36.4 Å². The van der Waals surface area contributed by atoms with Crippen LogP contribution in [-0.2, 0) is 17.6 Å². The number of benzene rings is 2. The van der Waals surface area contributed by atoms with Gasteiger partial charge in [0.1, 0.15) is 18.0 Å². The van der Waals surface area contributed by atoms with Crippen molar-refractivity contribution in [2.45, 2.75) is 50.1 Å². The third-order valence-electron chi connectivity index (χ3n) is 5.59. The maximum atomic E-state index is 10.3. The first kappa shape index (κ1) is 19.7. The fourth-order valence-electron chi connectivity index (χ4n) is 4.12. The van der Waals surface area contributed by atoms with Crippen LogP contribution in [0.25, 0.3) is 0 Å². The summed E-state index contributed by atoms with van der Waals surface area (Å²) in [5.41, 5.74) is 4.00. The lowest BCUT2D eigenvalue weighted by Crippen LogP contribution is -2.47. The van der Waals surface area contributed by atoms with Crippen LogP contribution in [0.2, 0.25) is 5.02 Å². The van der Waals surface area contributed by atoms with E-state index in [0.717, 1.165) is 35.1 Å². The Bertz CT molecular complexity index is 825. The van der Waals surface area contributed by atoms with Gasteiger partial charge in [-0.2, -0.15) is 0 Å². The molecule has 0 amide bonds. The van der Waals surface area contributed by atoms with Crippen molar-refractivity contribution in [3.05, 3.63) is 63.7 Å². The summed E-state index contributed by atoms with van der Waals surface area (Å²) in [5, 5.41) is 30.5. The number of aliphatic hydroxyl groups excluding tert-OH is 3. The molecular weight excluding hydrogens is 380 g/mol. The second kappa shape index (κ2) is 8.39. The van der Waals surface area contributed by atoms with Crippen LogP contribution >= 0.6 is 11.6 Å². The Kier molecular flexibility index (Phi) is 5.90. The van der Waals surface area contributed by atoms with E-state index in [2.05, 4.69) is 12.1 Å². The van der Waals surface area contributed by atoms with Gasteiger partial charge >= 0.3 is 0 Å². The zero-order chi connectivity index (χ0) is 19.7. The summed E-state index contributed by atoms with van der Waals surface area (Å²) in [6, 6.07) is 12.1. The van der Waals surface area contributed by atoms with Crippen LogP contribution < -0.4 is 4.74 Å². The highest BCUT2D eigenvalue weighted by atomic mass is 35.5. The largest absolute Gasteiger partial charge is 0.492 e. The molecule has 0 radical (unpaired) electrons. The molecule has 2 aromatic carbocycles. The maximum absolute atomic E-state index is 10.3. The van der Waals surface area contributed by atoms with Gasteiger partial charge in [-0.15, -0.1) is 0 Å². The Morgan fingerprint density at radius 2 is 1.93 bits per heavy atom. The molecule has 4 atom stereocenters. The zero-order valence-corrected chi connectivity index (χ0v) is 16.3. The van der Waals surface area contributed by atoms with Crippen LogP contribution in [0.1, 0.15) is 41.2 Å². The van der Waals surface area contributed by atoms with Crippen LogP contribution in [-0.4, -0.2) is 46.8 Å². The van der Waals surface area contributed by atoms with Gasteiger partial charge in [0.05, 0.1) is 30.4 Å². The fraction of sp³-hybridized carbons (Fsp3) is 0.455. The Balaban J connectivity index is 1.74. The van der Waals surface area contributed by atoms with E-state index in [9.17, 15) is 15.3 Å². The molecular formula is C22H25ClO5. The molecule has 2 heterocycles. The van der Waals surface area contributed by atoms with Gasteiger partial charge in [-0.3, -0.25) is 0 Å². The van der Waals surface area contributed by atoms with E-state index in [4.69, 9.17) is 21.1 Å². The highest BCUT2D eigenvalue weighted by Gasteiger charge is 2.38. The SMILES string of the molecule is OCC1OC(c2cc(Cc3ccccc3)c(Cl)c3c2CCCO3)CC(O)[C@@H]1O. The molecule has 3 unspecified atom stereocenters. The van der Waals surface area contributed by atoms with Crippen LogP contribution in [0, 0.1) is 0 Å². The summed E-state index contributed by atoms with van der Waals surface area (Å²) < 4.78 is 11.9. The summed E-state index contributed by atoms with van der Waals surface area (Å²) in [5.74, 6) is 0.695. The normalized spacial score (nSPS) is 27.1. The molecule has 28 heavy (non-hydrogen) atoms. The quantitative estimate of drug-likeness (QED) is 0.730. The Hall–Kier alpha value is -1.63. The summed E-state index contributed by atoms with van der Waals surface area (Å²) in [6.07, 6.45) is -0.677. The number of ether oxygens (including phenoxy) is 2. The number of hydrogen-bond donors (Lipinski definition) is 3. The minimum atomic E-state index is -1.09. The molecule has 2 aliphatic rings. The number of fused-ring (bicyclic) bond motifs is 1. The second-order valence-electron chi connectivity index (χ2n) is 7.50. The molecule has 4 rings (SSSR count). The predicted octanol–water partition coefficient (Wildman–Crippen LogP) is 2.80. The molecule has 5 nitrogen and oxygen atoms in total. The molecule has 2 aromatic rings. The minimum Gasteiger partial charge on any atom is -0.492 e. The number of rotatable bonds is 4. The van der Waals surface area contributed by atoms with Crippen LogP contribution in [0.4, 0.5) is 0 Å². The van der Waals surface area contributed by atoms with E-state index in [-0.39, 0.29) is 13.0 Å². The fourth-order valence-corrected chi connectivity index (χ4v) is 4.41. The highest BCUT2D eigenvalue weighted by Crippen LogP contribution is 2.44. The first-order valence-corrected chi connectivity index (χ1v) is 10.1. The van der Waals surface area contributed by atoms with Crippen LogP contribution in [0.5, 0.6) is 5.75 Å². The van der Waals surface area contributed by atoms with E-state index < -0.39 is 24.4 Å². The topological polar surface area (TPSA) is 79.2 Å². The molecule has 1 fully saturated rings. The van der Waals surface area contributed by atoms with E-state index in [1.54, 1.807) is 0 Å². The summed E-state index contributed by atoms with van der Waals surface area (Å²) in [6.45, 7) is 0.269. The molecule has 0 bridgehead atoms. The molecule has 3 N–H and O–H groups in total. The van der Waals surface area contributed by atoms with E-state index in [0.29, 0.717) is 23.8 Å². The summed E-state index contributed by atoms with van der Waals surface area (Å²) >= 11 is 6.70. The maximum Gasteiger partial charge on any atom is 0.141 e. The number of halogens is 1. The van der Waals surface area contributed by atoms with Crippen molar-refractivity contribution in [3.63, 3.8) is 0 Å². The predicted molar refractivity (Wildman–Crippen MR) is 106 cm³/mol. The molecule has 2 aliphatic heterocycles. The molecule has 150 valence electrons. The van der Waals surface area contributed by atoms with Crippen molar-refractivity contribution >= 4 is 11.6 Å². The third kappa shape index (κ3) is 3.78. The Morgan fingerprint density at radius 1 is 1.14 bits per heavy atom. The van der Waals surface area contributed by atoms with Crippen LogP contribution in [0.3, 0.4) is 0 Å². The average molecular weight is 405 g/mol. The third-order valence-corrected chi connectivity index (χ3v) is 6.00. The molecule has 0 spiro atoms. The lowest BCUT2D eigenvalue weighted by molar-refractivity contribution is -0.181. The molecule has 1 saturated heterocycles. The van der Waals surface area contributed by atoms with Crippen molar-refractivity contribution in [3.8, 4) is 5.75 Å². The van der Waals surface area contributed by atoms with E-state index in [1.807, 2.05) is 24.3 Å². The molecule has 0 aromatic heterocycles. The number of aliphatic hydroxyl groups is 3. The Morgan fingerprint density at radius 3 is 2.68 bits per heavy atom. The summed E-state index contributed by atoms with van der Waals surface area (Å²) in [4.78, 5) is 0. The monoisotopic (exact) mass is 404 g/mol. The van der Waals surface area contributed by atoms with Gasteiger partial charge in [-0.1, -0.05) is 48.0 Å². The zero-order valence-electron chi connectivity index (χ0n) is 15.6. The van der Waals surface area contributed by atoms with Gasteiger partial charge < -0.3 is 24.8 Å². The number of hydrogen-bond acceptors (Lipinski definition) is 5. The average Bonchev–Trinajstić information content (AvgIpc) is 2.73. The van der Waals surface area contributed by atoms with Gasteiger partial charge in [0.2, 0.25) is 0 Å². The molecule has 0 aliphatic carbocycles. The highest BCUT2D eigenvalue weighted by molar-refractivity contribution is 6.33. The van der Waals surface area contributed by atoms with Gasteiger partial charge in [0.25, 0.3) is 0 Å². The summed E-state index contributed by atoms with van der Waals surface area (Å²) in [7, 11) is 0. The minimum absolute atomic E-state index is 0.260. The second-order valence-corrected chi connectivity index (χ2v) is 7.88. The van der Waals surface area contributed by atoms with Gasteiger partial charge in [0, 0.05) is 12.0 Å². The first-order chi connectivity index (χ1) is 13.6. The lowest BCUT2D eigenvalue weighted by atomic mass is 9.87. The smallest absolute Gasteiger partial charge is 0.141 e. The van der Waals surface area contributed by atoms with Crippen molar-refractivity contribution in [1.82, 2.24) is 0 Å². The van der Waals surface area contributed by atoms with E-state index >= 15 is 0 Å². The van der Waals surface area contributed by atoms with Gasteiger partial charge in [0.15, 0.2) is 0 Å². The van der Waals surface area contributed by atoms with Crippen molar-refractivity contribution in [1.29, 1.82) is 0 Å². The molecule has 6 heteroatoms. The van der Waals surface area contributed by atoms with Crippen molar-refractivity contribution in [2.75, 3.05) is 13.2 Å².